The van der Waals surface area contributed by atoms with Gasteiger partial charge in [0.15, 0.2) is 11.5 Å². The molecule has 0 radical (unpaired) electrons. The number of methoxy groups -OCH3 is 3. The van der Waals surface area contributed by atoms with Crippen LogP contribution in [0.15, 0.2) is 65.0 Å². The fraction of sp³-hybridized carbons (Fsp3) is 0.240. The number of nitrogens with zero attached hydrogens (tertiary/aromatic N) is 2. The molecule has 9 heteroatoms. The van der Waals surface area contributed by atoms with Gasteiger partial charge in [0, 0.05) is 24.2 Å². The van der Waals surface area contributed by atoms with Crippen molar-refractivity contribution in [2.45, 2.75) is 19.4 Å². The van der Waals surface area contributed by atoms with E-state index in [0.717, 1.165) is 5.56 Å². The second-order valence-electron chi connectivity index (χ2n) is 7.74. The second kappa shape index (κ2) is 9.30. The number of hydrogen-bond acceptors (Lipinski definition) is 8. The minimum absolute atomic E-state index is 0.0571. The first-order chi connectivity index (χ1) is 16.4. The molecule has 1 atom stereocenters. The van der Waals surface area contributed by atoms with Gasteiger partial charge in [0.1, 0.15) is 11.3 Å². The Kier molecular flexibility index (Phi) is 6.27. The predicted molar refractivity (Wildman–Crippen MR) is 124 cm³/mol. The van der Waals surface area contributed by atoms with Gasteiger partial charge < -0.3 is 29.2 Å². The van der Waals surface area contributed by atoms with Crippen LogP contribution in [0.4, 0.5) is 0 Å². The van der Waals surface area contributed by atoms with E-state index < -0.39 is 11.9 Å². The molecular weight excluding hydrogens is 438 g/mol. The number of hydrogen-bond donors (Lipinski definition) is 1. The number of fused-ring (bicyclic) bond motifs is 1. The first-order valence-corrected chi connectivity index (χ1v) is 10.5. The van der Waals surface area contributed by atoms with Crippen molar-refractivity contribution in [3.8, 4) is 17.2 Å². The first kappa shape index (κ1) is 22.9. The summed E-state index contributed by atoms with van der Waals surface area (Å²) in [5.41, 5.74) is 8.27. The van der Waals surface area contributed by atoms with Crippen molar-refractivity contribution in [3.63, 3.8) is 0 Å². The first-order valence-electron chi connectivity index (χ1n) is 10.5. The number of benzene rings is 1. The third-order valence-corrected chi connectivity index (χ3v) is 5.78. The van der Waals surface area contributed by atoms with Gasteiger partial charge in [-0.15, -0.1) is 0 Å². The predicted octanol–water partition coefficient (Wildman–Crippen LogP) is 2.48. The van der Waals surface area contributed by atoms with Crippen molar-refractivity contribution in [3.05, 3.63) is 93.0 Å². The molecule has 9 nitrogen and oxygen atoms in total. The van der Waals surface area contributed by atoms with Crippen LogP contribution < -0.4 is 25.5 Å². The monoisotopic (exact) mass is 463 g/mol. The molecule has 2 N–H and O–H groups in total. The lowest BCUT2D eigenvalue weighted by Crippen LogP contribution is -2.35. The Morgan fingerprint density at radius 2 is 1.91 bits per heavy atom. The van der Waals surface area contributed by atoms with Crippen molar-refractivity contribution in [2.24, 2.45) is 5.73 Å². The van der Waals surface area contributed by atoms with E-state index in [1.807, 2.05) is 12.1 Å². The standard InChI is InChI=1S/C25H25N3O6/c1-14-10-19-21(24(29)28(14)13-15-7-8-17(31-2)18(11-15)32-3)20(16-6-5-9-27-12-16)22(23(26)34-19)25(30)33-4/h5-12,20H,13,26H2,1-4H3. The van der Waals surface area contributed by atoms with Gasteiger partial charge in [-0.3, -0.25) is 9.78 Å². The van der Waals surface area contributed by atoms with Crippen LogP contribution >= 0.6 is 0 Å². The summed E-state index contributed by atoms with van der Waals surface area (Å²) < 4.78 is 23.0. The second-order valence-corrected chi connectivity index (χ2v) is 7.74. The number of rotatable bonds is 6. The minimum atomic E-state index is -0.797. The SMILES string of the molecule is COC(=O)C1=C(N)Oc2cc(C)n(Cc3ccc(OC)c(OC)c3)c(=O)c2C1c1cccnc1. The molecule has 0 spiro atoms. The van der Waals surface area contributed by atoms with E-state index in [9.17, 15) is 9.59 Å². The number of carbonyl (C=O) groups excluding carboxylic acids is 1. The van der Waals surface area contributed by atoms with Crippen LogP contribution in [0.1, 0.15) is 28.3 Å². The van der Waals surface area contributed by atoms with Gasteiger partial charge in [-0.1, -0.05) is 12.1 Å². The Bertz CT molecular complexity index is 1330. The third-order valence-electron chi connectivity index (χ3n) is 5.78. The maximum Gasteiger partial charge on any atom is 0.340 e. The Morgan fingerprint density at radius 1 is 1.15 bits per heavy atom. The quantitative estimate of drug-likeness (QED) is 0.555. The number of nitrogens with two attached hydrogens (primary N) is 1. The lowest BCUT2D eigenvalue weighted by molar-refractivity contribution is -0.136. The molecule has 0 amide bonds. The van der Waals surface area contributed by atoms with Crippen LogP contribution in [0.5, 0.6) is 17.2 Å². The van der Waals surface area contributed by atoms with E-state index in [4.69, 9.17) is 24.7 Å². The molecule has 0 aliphatic carbocycles. The highest BCUT2D eigenvalue weighted by atomic mass is 16.5. The Labute approximate surface area is 196 Å². The summed E-state index contributed by atoms with van der Waals surface area (Å²) in [6.07, 6.45) is 3.20. The fourth-order valence-corrected chi connectivity index (χ4v) is 4.13. The Morgan fingerprint density at radius 3 is 2.56 bits per heavy atom. The number of pyridine rings is 2. The fourth-order valence-electron chi connectivity index (χ4n) is 4.13. The maximum absolute atomic E-state index is 13.9. The molecule has 0 saturated heterocycles. The molecule has 1 unspecified atom stereocenters. The average Bonchev–Trinajstić information content (AvgIpc) is 2.85. The summed E-state index contributed by atoms with van der Waals surface area (Å²) in [7, 11) is 4.37. The molecule has 4 rings (SSSR count). The van der Waals surface area contributed by atoms with Gasteiger partial charge in [-0.05, 0) is 36.2 Å². The number of aromatic nitrogens is 2. The summed E-state index contributed by atoms with van der Waals surface area (Å²) in [6.45, 7) is 2.07. The van der Waals surface area contributed by atoms with Crippen molar-refractivity contribution in [1.82, 2.24) is 9.55 Å². The molecule has 0 bridgehead atoms. The van der Waals surface area contributed by atoms with E-state index in [0.29, 0.717) is 28.5 Å². The molecule has 1 aromatic carbocycles. The van der Waals surface area contributed by atoms with E-state index in [1.54, 1.807) is 62.4 Å². The molecular formula is C25H25N3O6. The molecule has 3 heterocycles. The zero-order valence-corrected chi connectivity index (χ0v) is 19.3. The van der Waals surface area contributed by atoms with E-state index in [2.05, 4.69) is 4.98 Å². The van der Waals surface area contributed by atoms with Crippen LogP contribution in [0, 0.1) is 6.92 Å². The highest BCUT2D eigenvalue weighted by Gasteiger charge is 2.38. The Hall–Kier alpha value is -4.27. The smallest absolute Gasteiger partial charge is 0.340 e. The van der Waals surface area contributed by atoms with Gasteiger partial charge in [0.2, 0.25) is 5.88 Å². The molecule has 34 heavy (non-hydrogen) atoms. The lowest BCUT2D eigenvalue weighted by atomic mass is 9.84. The lowest BCUT2D eigenvalue weighted by Gasteiger charge is -2.28. The van der Waals surface area contributed by atoms with Crippen molar-refractivity contribution < 1.29 is 23.7 Å². The van der Waals surface area contributed by atoms with Crippen molar-refractivity contribution >= 4 is 5.97 Å². The Balaban J connectivity index is 1.89. The normalized spacial score (nSPS) is 14.8. The average molecular weight is 463 g/mol. The van der Waals surface area contributed by atoms with Gasteiger partial charge in [-0.25, -0.2) is 4.79 Å². The number of esters is 1. The van der Waals surface area contributed by atoms with Crippen molar-refractivity contribution in [2.75, 3.05) is 21.3 Å². The molecule has 2 aromatic heterocycles. The van der Waals surface area contributed by atoms with Crippen LogP contribution in [0.3, 0.4) is 0 Å². The largest absolute Gasteiger partial charge is 0.493 e. The molecule has 3 aromatic rings. The topological polar surface area (TPSA) is 115 Å². The highest BCUT2D eigenvalue weighted by Crippen LogP contribution is 2.41. The summed E-state index contributed by atoms with van der Waals surface area (Å²) in [4.78, 5) is 30.7. The molecule has 1 aliphatic rings. The highest BCUT2D eigenvalue weighted by molar-refractivity contribution is 5.92. The summed E-state index contributed by atoms with van der Waals surface area (Å²) >= 11 is 0. The minimum Gasteiger partial charge on any atom is -0.493 e. The van der Waals surface area contributed by atoms with Crippen LogP contribution in [-0.4, -0.2) is 36.8 Å². The molecule has 176 valence electrons. The number of ether oxygens (including phenoxy) is 4. The summed E-state index contributed by atoms with van der Waals surface area (Å²) in [6, 6.07) is 10.7. The van der Waals surface area contributed by atoms with Crippen molar-refractivity contribution in [1.29, 1.82) is 0 Å². The van der Waals surface area contributed by atoms with Crippen LogP contribution in [-0.2, 0) is 16.1 Å². The molecule has 0 fully saturated rings. The molecule has 0 saturated carbocycles. The van der Waals surface area contributed by atoms with Gasteiger partial charge in [-0.2, -0.15) is 0 Å². The zero-order valence-electron chi connectivity index (χ0n) is 19.3. The summed E-state index contributed by atoms with van der Waals surface area (Å²) in [5.74, 6) is -0.133. The van der Waals surface area contributed by atoms with E-state index in [1.165, 1.54) is 7.11 Å². The third kappa shape index (κ3) is 3.96. The number of aryl methyl sites for hydroxylation is 1. The van der Waals surface area contributed by atoms with E-state index >= 15 is 0 Å². The zero-order chi connectivity index (χ0) is 24.4. The van der Waals surface area contributed by atoms with Gasteiger partial charge in [0.05, 0.1) is 39.4 Å². The van der Waals surface area contributed by atoms with Crippen LogP contribution in [0.25, 0.3) is 0 Å². The van der Waals surface area contributed by atoms with Gasteiger partial charge in [0.25, 0.3) is 5.56 Å². The molecule has 1 aliphatic heterocycles. The van der Waals surface area contributed by atoms with Crippen LogP contribution in [0.2, 0.25) is 0 Å². The van der Waals surface area contributed by atoms with E-state index in [-0.39, 0.29) is 29.1 Å². The summed E-state index contributed by atoms with van der Waals surface area (Å²) in [5, 5.41) is 0. The maximum atomic E-state index is 13.9. The number of carbonyl (C=O) groups is 1. The van der Waals surface area contributed by atoms with Gasteiger partial charge >= 0.3 is 5.97 Å².